The lowest BCUT2D eigenvalue weighted by molar-refractivity contribution is -0.125. The van der Waals surface area contributed by atoms with Gasteiger partial charge in [0.1, 0.15) is 6.61 Å². The van der Waals surface area contributed by atoms with Gasteiger partial charge in [-0.3, -0.25) is 9.59 Å². The normalized spacial score (nSPS) is 16.9. The predicted octanol–water partition coefficient (Wildman–Crippen LogP) is 4.06. The molecule has 1 N–H and O–H groups in total. The fraction of sp³-hybridized carbons (Fsp3) is 0.200. The van der Waals surface area contributed by atoms with E-state index in [4.69, 9.17) is 9.47 Å². The minimum atomic E-state index is -0.743. The van der Waals surface area contributed by atoms with Crippen LogP contribution in [-0.2, 0) is 11.2 Å². The second-order valence-corrected chi connectivity index (χ2v) is 7.62. The fourth-order valence-corrected chi connectivity index (χ4v) is 3.97. The van der Waals surface area contributed by atoms with Gasteiger partial charge in [-0.15, -0.1) is 0 Å². The Bertz CT molecular complexity index is 1130. The van der Waals surface area contributed by atoms with E-state index in [1.54, 1.807) is 11.0 Å². The summed E-state index contributed by atoms with van der Waals surface area (Å²) in [6, 6.07) is 22.2. The molecular weight excluding hydrogens is 392 g/mol. The first kappa shape index (κ1) is 19.2. The Morgan fingerprint density at radius 1 is 0.935 bits per heavy atom. The van der Waals surface area contributed by atoms with E-state index in [2.05, 4.69) is 5.32 Å². The van der Waals surface area contributed by atoms with Gasteiger partial charge in [0.2, 0.25) is 6.10 Å². The third kappa shape index (κ3) is 3.84. The Morgan fingerprint density at radius 3 is 2.55 bits per heavy atom. The van der Waals surface area contributed by atoms with Crippen molar-refractivity contribution in [2.24, 2.45) is 0 Å². The Balaban J connectivity index is 1.35. The minimum Gasteiger partial charge on any atom is -0.485 e. The molecular formula is C25H22N2O4. The van der Waals surface area contributed by atoms with Crippen molar-refractivity contribution in [3.8, 4) is 11.5 Å². The fourth-order valence-electron chi connectivity index (χ4n) is 3.97. The number of anilines is 2. The van der Waals surface area contributed by atoms with E-state index in [1.807, 2.05) is 66.7 Å². The summed E-state index contributed by atoms with van der Waals surface area (Å²) < 4.78 is 11.4. The van der Waals surface area contributed by atoms with E-state index >= 15 is 0 Å². The van der Waals surface area contributed by atoms with Gasteiger partial charge in [0, 0.05) is 23.5 Å². The van der Waals surface area contributed by atoms with Crippen molar-refractivity contribution in [3.63, 3.8) is 0 Å². The maximum Gasteiger partial charge on any atom is 0.269 e. The smallest absolute Gasteiger partial charge is 0.269 e. The van der Waals surface area contributed by atoms with E-state index in [-0.39, 0.29) is 18.4 Å². The lowest BCUT2D eigenvalue weighted by Gasteiger charge is -2.30. The third-order valence-electron chi connectivity index (χ3n) is 5.54. The topological polar surface area (TPSA) is 67.9 Å². The van der Waals surface area contributed by atoms with E-state index in [1.165, 1.54) is 0 Å². The molecule has 2 aliphatic heterocycles. The third-order valence-corrected chi connectivity index (χ3v) is 5.54. The van der Waals surface area contributed by atoms with Crippen molar-refractivity contribution in [2.75, 3.05) is 23.4 Å². The Morgan fingerprint density at radius 2 is 1.71 bits per heavy atom. The highest BCUT2D eigenvalue weighted by Gasteiger charge is 2.28. The summed E-state index contributed by atoms with van der Waals surface area (Å²) in [4.78, 5) is 27.6. The van der Waals surface area contributed by atoms with Crippen LogP contribution in [0.3, 0.4) is 0 Å². The molecule has 0 fully saturated rings. The van der Waals surface area contributed by atoms with Crippen molar-refractivity contribution in [2.45, 2.75) is 18.9 Å². The van der Waals surface area contributed by atoms with Gasteiger partial charge in [0.25, 0.3) is 11.8 Å². The molecule has 6 nitrogen and oxygen atoms in total. The second kappa shape index (κ2) is 8.14. The number of hydrogen-bond acceptors (Lipinski definition) is 4. The first-order valence-electron chi connectivity index (χ1n) is 10.4. The van der Waals surface area contributed by atoms with Gasteiger partial charge in [-0.25, -0.2) is 0 Å². The van der Waals surface area contributed by atoms with Gasteiger partial charge in [-0.1, -0.05) is 36.4 Å². The number of carbonyl (C=O) groups excluding carboxylic acids is 2. The van der Waals surface area contributed by atoms with Crippen LogP contribution in [-0.4, -0.2) is 31.1 Å². The molecule has 3 aromatic rings. The zero-order valence-corrected chi connectivity index (χ0v) is 16.9. The van der Waals surface area contributed by atoms with Gasteiger partial charge >= 0.3 is 0 Å². The highest BCUT2D eigenvalue weighted by molar-refractivity contribution is 6.07. The molecule has 2 heterocycles. The molecule has 5 rings (SSSR count). The SMILES string of the molecule is O=C(Nc1ccc2c(c1)N(C(=O)c1ccccc1)CCC2)C1COc2ccccc2O1. The Kier molecular flexibility index (Phi) is 5.04. The lowest BCUT2D eigenvalue weighted by Crippen LogP contribution is -2.40. The van der Waals surface area contributed by atoms with Crippen molar-refractivity contribution in [1.29, 1.82) is 0 Å². The first-order chi connectivity index (χ1) is 15.2. The van der Waals surface area contributed by atoms with Crippen molar-refractivity contribution in [3.05, 3.63) is 83.9 Å². The molecule has 31 heavy (non-hydrogen) atoms. The van der Waals surface area contributed by atoms with Gasteiger partial charge < -0.3 is 19.7 Å². The summed E-state index contributed by atoms with van der Waals surface area (Å²) >= 11 is 0. The largest absolute Gasteiger partial charge is 0.485 e. The molecule has 0 saturated carbocycles. The van der Waals surface area contributed by atoms with E-state index in [0.717, 1.165) is 24.1 Å². The van der Waals surface area contributed by atoms with Gasteiger partial charge in [-0.2, -0.15) is 0 Å². The molecule has 6 heteroatoms. The van der Waals surface area contributed by atoms with Crippen LogP contribution in [0, 0.1) is 0 Å². The monoisotopic (exact) mass is 414 g/mol. The average molecular weight is 414 g/mol. The maximum absolute atomic E-state index is 13.1. The molecule has 1 atom stereocenters. The van der Waals surface area contributed by atoms with E-state index in [9.17, 15) is 9.59 Å². The van der Waals surface area contributed by atoms with E-state index < -0.39 is 6.10 Å². The molecule has 3 aromatic carbocycles. The number of amides is 2. The van der Waals surface area contributed by atoms with Crippen molar-refractivity contribution >= 4 is 23.2 Å². The average Bonchev–Trinajstić information content (AvgIpc) is 2.83. The molecule has 2 aliphatic rings. The number of para-hydroxylation sites is 2. The van der Waals surface area contributed by atoms with Crippen LogP contribution in [0.1, 0.15) is 22.3 Å². The number of hydrogen-bond donors (Lipinski definition) is 1. The second-order valence-electron chi connectivity index (χ2n) is 7.62. The number of fused-ring (bicyclic) bond motifs is 2. The van der Waals surface area contributed by atoms with Crippen LogP contribution in [0.25, 0.3) is 0 Å². The number of rotatable bonds is 3. The summed E-state index contributed by atoms with van der Waals surface area (Å²) in [5.41, 5.74) is 3.21. The number of nitrogens with one attached hydrogen (secondary N) is 1. The van der Waals surface area contributed by atoms with Crippen molar-refractivity contribution in [1.82, 2.24) is 0 Å². The molecule has 0 aromatic heterocycles. The number of carbonyl (C=O) groups is 2. The summed E-state index contributed by atoms with van der Waals surface area (Å²) in [6.07, 6.45) is 1.07. The number of nitrogens with zero attached hydrogens (tertiary/aromatic N) is 1. The number of aryl methyl sites for hydroxylation is 1. The van der Waals surface area contributed by atoms with Crippen LogP contribution in [0.2, 0.25) is 0 Å². The molecule has 0 saturated heterocycles. The van der Waals surface area contributed by atoms with Gasteiger partial charge in [0.15, 0.2) is 11.5 Å². The summed E-state index contributed by atoms with van der Waals surface area (Å²) in [6.45, 7) is 0.793. The molecule has 0 spiro atoms. The van der Waals surface area contributed by atoms with Crippen LogP contribution in [0.5, 0.6) is 11.5 Å². The standard InChI is InChI=1S/C25H22N2O4/c28-24(23-16-30-21-10-4-5-11-22(21)31-23)26-19-13-12-17-9-6-14-27(20(17)15-19)25(29)18-7-2-1-3-8-18/h1-5,7-8,10-13,15,23H,6,9,14,16H2,(H,26,28). The lowest BCUT2D eigenvalue weighted by atomic mass is 10.00. The van der Waals surface area contributed by atoms with Crippen LogP contribution in [0.15, 0.2) is 72.8 Å². The highest BCUT2D eigenvalue weighted by atomic mass is 16.6. The Hall–Kier alpha value is -3.80. The predicted molar refractivity (Wildman–Crippen MR) is 118 cm³/mol. The number of benzene rings is 3. The molecule has 0 aliphatic carbocycles. The van der Waals surface area contributed by atoms with Gasteiger partial charge in [-0.05, 0) is 54.8 Å². The first-order valence-corrected chi connectivity index (χ1v) is 10.4. The maximum atomic E-state index is 13.1. The van der Waals surface area contributed by atoms with Crippen LogP contribution < -0.4 is 19.7 Å². The summed E-state index contributed by atoms with van der Waals surface area (Å²) in [5, 5.41) is 2.91. The summed E-state index contributed by atoms with van der Waals surface area (Å²) in [5.74, 6) is 0.867. The van der Waals surface area contributed by atoms with Gasteiger partial charge in [0.05, 0.1) is 0 Å². The summed E-state index contributed by atoms with van der Waals surface area (Å²) in [7, 11) is 0. The van der Waals surface area contributed by atoms with Crippen LogP contribution >= 0.6 is 0 Å². The molecule has 156 valence electrons. The molecule has 1 unspecified atom stereocenters. The van der Waals surface area contributed by atoms with E-state index in [0.29, 0.717) is 29.3 Å². The zero-order chi connectivity index (χ0) is 21.2. The highest BCUT2D eigenvalue weighted by Crippen LogP contribution is 2.33. The quantitative estimate of drug-likeness (QED) is 0.702. The number of ether oxygens (including phenoxy) is 2. The van der Waals surface area contributed by atoms with Crippen molar-refractivity contribution < 1.29 is 19.1 Å². The molecule has 2 amide bonds. The molecule has 0 radical (unpaired) electrons. The Labute approximate surface area is 180 Å². The van der Waals surface area contributed by atoms with Crippen LogP contribution in [0.4, 0.5) is 11.4 Å². The minimum absolute atomic E-state index is 0.0364. The zero-order valence-electron chi connectivity index (χ0n) is 16.9. The molecule has 0 bridgehead atoms.